The number of ether oxygens (including phenoxy) is 2. The van der Waals surface area contributed by atoms with Crippen molar-refractivity contribution in [3.05, 3.63) is 35.9 Å². The van der Waals surface area contributed by atoms with E-state index in [1.54, 1.807) is 0 Å². The summed E-state index contributed by atoms with van der Waals surface area (Å²) in [5.41, 5.74) is 0.992. The molecular weight excluding hydrogens is 294 g/mol. The molecular formula is C18H23NO4. The van der Waals surface area contributed by atoms with Gasteiger partial charge in [-0.3, -0.25) is 4.79 Å². The van der Waals surface area contributed by atoms with Crippen molar-refractivity contribution in [3.63, 3.8) is 0 Å². The number of esters is 1. The molecule has 124 valence electrons. The molecule has 1 aliphatic heterocycles. The third kappa shape index (κ3) is 4.32. The normalized spacial score (nSPS) is 24.9. The Bertz CT molecular complexity index is 553. The number of rotatable bonds is 6. The lowest BCUT2D eigenvalue weighted by molar-refractivity contribution is -0.152. The van der Waals surface area contributed by atoms with Gasteiger partial charge in [0, 0.05) is 6.42 Å². The van der Waals surface area contributed by atoms with E-state index >= 15 is 0 Å². The number of hydrogen-bond acceptors (Lipinski definition) is 4. The molecule has 1 heterocycles. The number of benzene rings is 1. The molecule has 0 radical (unpaired) electrons. The Hall–Kier alpha value is -1.88. The monoisotopic (exact) mass is 317 g/mol. The Morgan fingerprint density at radius 3 is 2.52 bits per heavy atom. The maximum Gasteiger partial charge on any atom is 0.329 e. The van der Waals surface area contributed by atoms with Crippen molar-refractivity contribution in [3.8, 4) is 0 Å². The molecule has 2 fully saturated rings. The fourth-order valence-electron chi connectivity index (χ4n) is 3.01. The van der Waals surface area contributed by atoms with E-state index in [2.05, 4.69) is 5.32 Å². The molecule has 1 saturated heterocycles. The number of carbonyl (C=O) groups excluding carboxylic acids is 2. The molecule has 5 nitrogen and oxygen atoms in total. The van der Waals surface area contributed by atoms with Gasteiger partial charge in [-0.15, -0.1) is 0 Å². The first-order valence-corrected chi connectivity index (χ1v) is 8.34. The second kappa shape index (κ2) is 7.13. The highest BCUT2D eigenvalue weighted by Gasteiger charge is 2.42. The topological polar surface area (TPSA) is 67.9 Å². The summed E-state index contributed by atoms with van der Waals surface area (Å²) in [6, 6.07) is 8.98. The largest absolute Gasteiger partial charge is 0.461 e. The molecule has 0 bridgehead atoms. The predicted molar refractivity (Wildman–Crippen MR) is 84.8 cm³/mol. The van der Waals surface area contributed by atoms with E-state index in [0.29, 0.717) is 6.42 Å². The summed E-state index contributed by atoms with van der Waals surface area (Å²) >= 11 is 0. The van der Waals surface area contributed by atoms with Crippen LogP contribution in [0, 0.1) is 0 Å². The third-order valence-electron chi connectivity index (χ3n) is 4.44. The van der Waals surface area contributed by atoms with E-state index in [4.69, 9.17) is 9.47 Å². The van der Waals surface area contributed by atoms with Crippen LogP contribution in [-0.2, 0) is 25.5 Å². The van der Waals surface area contributed by atoms with Gasteiger partial charge in [0.05, 0.1) is 6.10 Å². The van der Waals surface area contributed by atoms with Crippen LogP contribution in [-0.4, -0.2) is 36.2 Å². The van der Waals surface area contributed by atoms with Gasteiger partial charge in [-0.2, -0.15) is 0 Å². The first-order chi connectivity index (χ1) is 11.1. The van der Waals surface area contributed by atoms with Crippen molar-refractivity contribution < 1.29 is 19.1 Å². The number of hydrogen-bond donors (Lipinski definition) is 1. The van der Waals surface area contributed by atoms with Crippen LogP contribution in [0.4, 0.5) is 0 Å². The van der Waals surface area contributed by atoms with Gasteiger partial charge in [-0.1, -0.05) is 30.3 Å². The fourth-order valence-corrected chi connectivity index (χ4v) is 3.01. The van der Waals surface area contributed by atoms with Gasteiger partial charge >= 0.3 is 5.97 Å². The summed E-state index contributed by atoms with van der Waals surface area (Å²) in [5, 5.41) is 2.79. The molecule has 0 spiro atoms. The molecule has 0 aromatic heterocycles. The van der Waals surface area contributed by atoms with Crippen LogP contribution in [0.25, 0.3) is 0 Å². The van der Waals surface area contributed by atoms with Crippen LogP contribution in [0.5, 0.6) is 0 Å². The van der Waals surface area contributed by atoms with Crippen molar-refractivity contribution >= 4 is 11.9 Å². The first kappa shape index (κ1) is 16.0. The number of amides is 1. The molecule has 3 rings (SSSR count). The molecule has 1 amide bonds. The van der Waals surface area contributed by atoms with Crippen molar-refractivity contribution in [1.82, 2.24) is 5.32 Å². The van der Waals surface area contributed by atoms with E-state index in [9.17, 15) is 9.59 Å². The van der Waals surface area contributed by atoms with E-state index in [1.807, 2.05) is 37.3 Å². The number of nitrogens with one attached hydrogen (secondary N) is 1. The van der Waals surface area contributed by atoms with E-state index in [1.165, 1.54) is 0 Å². The molecule has 3 atom stereocenters. The molecule has 0 unspecified atom stereocenters. The first-order valence-electron chi connectivity index (χ1n) is 8.34. The van der Waals surface area contributed by atoms with Crippen molar-refractivity contribution in [2.75, 3.05) is 0 Å². The molecule has 2 aliphatic rings. The fraction of sp³-hybridized carbons (Fsp3) is 0.556. The lowest BCUT2D eigenvalue weighted by atomic mass is 10.1. The smallest absolute Gasteiger partial charge is 0.329 e. The van der Waals surface area contributed by atoms with Crippen LogP contribution in [0.2, 0.25) is 0 Å². The highest BCUT2D eigenvalue weighted by molar-refractivity contribution is 5.88. The maximum atomic E-state index is 12.5. The molecule has 23 heavy (non-hydrogen) atoms. The molecule has 1 aromatic rings. The summed E-state index contributed by atoms with van der Waals surface area (Å²) in [6.07, 6.45) is 3.95. The molecule has 1 aromatic carbocycles. The van der Waals surface area contributed by atoms with Gasteiger partial charge in [0.15, 0.2) is 6.10 Å². The summed E-state index contributed by atoms with van der Waals surface area (Å²) in [6.45, 7) is 1.84. The Morgan fingerprint density at radius 1 is 1.26 bits per heavy atom. The second-order valence-corrected chi connectivity index (χ2v) is 6.36. The van der Waals surface area contributed by atoms with Crippen molar-refractivity contribution in [2.24, 2.45) is 0 Å². The van der Waals surface area contributed by atoms with Crippen molar-refractivity contribution in [1.29, 1.82) is 0 Å². The number of carbonyl (C=O) groups is 2. The zero-order valence-corrected chi connectivity index (χ0v) is 13.4. The summed E-state index contributed by atoms with van der Waals surface area (Å²) in [5.74, 6) is -0.579. The highest BCUT2D eigenvalue weighted by atomic mass is 16.6. The van der Waals surface area contributed by atoms with Gasteiger partial charge in [-0.05, 0) is 38.2 Å². The molecule has 1 saturated carbocycles. The lowest BCUT2D eigenvalue weighted by Gasteiger charge is -2.20. The van der Waals surface area contributed by atoms with Crippen molar-refractivity contribution in [2.45, 2.75) is 63.4 Å². The molecule has 5 heteroatoms. The standard InChI is InChI=1S/C18H23NO4/c1-12-16(22-12)17(20)19-15(11-13-7-3-2-4-8-13)18(21)23-14-9-5-6-10-14/h2-4,7-8,12,14-16H,5-6,9-11H2,1H3,(H,19,20)/t12-,15-,16+/m0/s1. The zero-order valence-electron chi connectivity index (χ0n) is 13.4. The quantitative estimate of drug-likeness (QED) is 0.643. The summed E-state index contributed by atoms with van der Waals surface area (Å²) in [4.78, 5) is 24.6. The minimum atomic E-state index is -0.665. The second-order valence-electron chi connectivity index (χ2n) is 6.36. The SMILES string of the molecule is C[C@@H]1O[C@H]1C(=O)N[C@@H](Cc1ccccc1)C(=O)OC1CCCC1. The molecule has 1 N–H and O–H groups in total. The zero-order chi connectivity index (χ0) is 16.2. The van der Waals surface area contributed by atoms with Crippen LogP contribution in [0.15, 0.2) is 30.3 Å². The van der Waals surface area contributed by atoms with Crippen LogP contribution < -0.4 is 5.32 Å². The predicted octanol–water partition coefficient (Wildman–Crippen LogP) is 1.99. The van der Waals surface area contributed by atoms with E-state index < -0.39 is 12.1 Å². The Balaban J connectivity index is 1.64. The minimum Gasteiger partial charge on any atom is -0.461 e. The van der Waals surface area contributed by atoms with Gasteiger partial charge < -0.3 is 14.8 Å². The van der Waals surface area contributed by atoms with Crippen LogP contribution >= 0.6 is 0 Å². The van der Waals surface area contributed by atoms with Gasteiger partial charge in [0.25, 0.3) is 5.91 Å². The summed E-state index contributed by atoms with van der Waals surface area (Å²) in [7, 11) is 0. The maximum absolute atomic E-state index is 12.5. The lowest BCUT2D eigenvalue weighted by Crippen LogP contribution is -2.46. The van der Waals surface area contributed by atoms with Crippen LogP contribution in [0.1, 0.15) is 38.2 Å². The minimum absolute atomic E-state index is 0.00576. The summed E-state index contributed by atoms with van der Waals surface area (Å²) < 4.78 is 10.8. The van der Waals surface area contributed by atoms with Crippen LogP contribution in [0.3, 0.4) is 0 Å². The van der Waals surface area contributed by atoms with Gasteiger partial charge in [-0.25, -0.2) is 4.79 Å². The Labute approximate surface area is 136 Å². The average Bonchev–Trinajstić information content (AvgIpc) is 3.06. The van der Waals surface area contributed by atoms with Gasteiger partial charge in [0.2, 0.25) is 0 Å². The average molecular weight is 317 g/mol. The molecule has 1 aliphatic carbocycles. The van der Waals surface area contributed by atoms with E-state index in [0.717, 1.165) is 31.2 Å². The van der Waals surface area contributed by atoms with E-state index in [-0.39, 0.29) is 24.1 Å². The van der Waals surface area contributed by atoms with Gasteiger partial charge in [0.1, 0.15) is 12.1 Å². The highest BCUT2D eigenvalue weighted by Crippen LogP contribution is 2.23. The third-order valence-corrected chi connectivity index (χ3v) is 4.44. The Kier molecular flexibility index (Phi) is 4.96. The number of epoxide rings is 1. The Morgan fingerprint density at radius 2 is 1.91 bits per heavy atom.